The number of esters is 1. The minimum atomic E-state index is -0.552. The number of aromatic nitrogens is 2. The van der Waals surface area contributed by atoms with E-state index >= 15 is 0 Å². The van der Waals surface area contributed by atoms with Crippen LogP contribution in [0.5, 0.6) is 0 Å². The highest BCUT2D eigenvalue weighted by Gasteiger charge is 2.16. The lowest BCUT2D eigenvalue weighted by Gasteiger charge is -2.14. The third-order valence-corrected chi connectivity index (χ3v) is 5.45. The zero-order chi connectivity index (χ0) is 22.5. The van der Waals surface area contributed by atoms with Gasteiger partial charge in [-0.15, -0.1) is 0 Å². The Balaban J connectivity index is 1.62. The van der Waals surface area contributed by atoms with Gasteiger partial charge in [-0.2, -0.15) is 0 Å². The van der Waals surface area contributed by atoms with Gasteiger partial charge in [-0.1, -0.05) is 66.2 Å². The van der Waals surface area contributed by atoms with E-state index in [2.05, 4.69) is 0 Å². The van der Waals surface area contributed by atoms with E-state index in [1.807, 2.05) is 42.5 Å². The highest BCUT2D eigenvalue weighted by Crippen LogP contribution is 2.11. The number of halogens is 1. The number of fused-ring (bicyclic) bond motifs is 1. The minimum absolute atomic E-state index is 0.114. The molecule has 0 unspecified atom stereocenters. The van der Waals surface area contributed by atoms with Crippen LogP contribution < -0.4 is 11.2 Å². The Bertz CT molecular complexity index is 1360. The molecule has 0 aliphatic carbocycles. The quantitative estimate of drug-likeness (QED) is 0.403. The predicted molar refractivity (Wildman–Crippen MR) is 124 cm³/mol. The van der Waals surface area contributed by atoms with E-state index in [-0.39, 0.29) is 25.3 Å². The molecule has 1 aromatic heterocycles. The van der Waals surface area contributed by atoms with Crippen LogP contribution in [0, 0.1) is 0 Å². The van der Waals surface area contributed by atoms with Crippen LogP contribution in [0.2, 0.25) is 5.02 Å². The molecule has 1 heterocycles. The first-order chi connectivity index (χ1) is 15.5. The fraction of sp³-hybridized carbons (Fsp3) is 0.160. The van der Waals surface area contributed by atoms with Crippen LogP contribution in [0.25, 0.3) is 10.9 Å². The van der Waals surface area contributed by atoms with Crippen molar-refractivity contribution in [2.24, 2.45) is 0 Å². The van der Waals surface area contributed by atoms with Gasteiger partial charge in [0.05, 0.1) is 10.9 Å². The number of hydrogen-bond acceptors (Lipinski definition) is 4. The standard InChI is InChI=1S/C25H21ClN2O4/c26-20-12-10-18(11-13-20)14-15-27-24(30)21-8-4-5-9-22(21)28(25(27)31)16-23(29)32-17-19-6-2-1-3-7-19/h1-13H,14-17H2. The molecule has 0 aliphatic heterocycles. The fourth-order valence-corrected chi connectivity index (χ4v) is 3.65. The van der Waals surface area contributed by atoms with Crippen molar-refractivity contribution in [2.45, 2.75) is 26.1 Å². The normalized spacial score (nSPS) is 10.9. The largest absolute Gasteiger partial charge is 0.459 e. The zero-order valence-corrected chi connectivity index (χ0v) is 18.0. The van der Waals surface area contributed by atoms with Crippen LogP contribution in [0.4, 0.5) is 0 Å². The van der Waals surface area contributed by atoms with Gasteiger partial charge < -0.3 is 4.74 Å². The molecule has 162 valence electrons. The summed E-state index contributed by atoms with van der Waals surface area (Å²) in [6, 6.07) is 23.3. The van der Waals surface area contributed by atoms with Gasteiger partial charge in [0.2, 0.25) is 0 Å². The lowest BCUT2D eigenvalue weighted by molar-refractivity contribution is -0.145. The monoisotopic (exact) mass is 448 g/mol. The highest BCUT2D eigenvalue weighted by atomic mass is 35.5. The molecule has 0 saturated carbocycles. The lowest BCUT2D eigenvalue weighted by atomic mass is 10.1. The van der Waals surface area contributed by atoms with Crippen molar-refractivity contribution in [2.75, 3.05) is 0 Å². The Morgan fingerprint density at radius 2 is 1.50 bits per heavy atom. The second-order valence-corrected chi connectivity index (χ2v) is 7.80. The van der Waals surface area contributed by atoms with Crippen LogP contribution in [0.1, 0.15) is 11.1 Å². The van der Waals surface area contributed by atoms with Crippen molar-refractivity contribution in [3.05, 3.63) is 116 Å². The van der Waals surface area contributed by atoms with E-state index in [9.17, 15) is 14.4 Å². The first-order valence-corrected chi connectivity index (χ1v) is 10.6. The number of hydrogen-bond donors (Lipinski definition) is 0. The Kier molecular flexibility index (Phi) is 6.52. The van der Waals surface area contributed by atoms with Gasteiger partial charge in [0.25, 0.3) is 5.56 Å². The van der Waals surface area contributed by atoms with E-state index < -0.39 is 11.7 Å². The summed E-state index contributed by atoms with van der Waals surface area (Å²) in [6.07, 6.45) is 0.475. The van der Waals surface area contributed by atoms with Gasteiger partial charge >= 0.3 is 11.7 Å². The van der Waals surface area contributed by atoms with E-state index in [4.69, 9.17) is 16.3 Å². The predicted octanol–water partition coefficient (Wildman–Crippen LogP) is 3.80. The third-order valence-electron chi connectivity index (χ3n) is 5.20. The number of nitrogens with zero attached hydrogens (tertiary/aromatic N) is 2. The summed E-state index contributed by atoms with van der Waals surface area (Å²) in [5.74, 6) is -0.552. The van der Waals surface area contributed by atoms with Crippen molar-refractivity contribution < 1.29 is 9.53 Å². The number of rotatable bonds is 7. The Morgan fingerprint density at radius 3 is 2.25 bits per heavy atom. The van der Waals surface area contributed by atoms with Gasteiger partial charge in [-0.05, 0) is 41.8 Å². The Hall–Kier alpha value is -3.64. The van der Waals surface area contributed by atoms with Crippen LogP contribution >= 0.6 is 11.6 Å². The molecule has 0 radical (unpaired) electrons. The summed E-state index contributed by atoms with van der Waals surface area (Å²) in [5.41, 5.74) is 1.28. The van der Waals surface area contributed by atoms with Crippen LogP contribution in [0.3, 0.4) is 0 Å². The average molecular weight is 449 g/mol. The van der Waals surface area contributed by atoms with Gasteiger partial charge in [0, 0.05) is 11.6 Å². The summed E-state index contributed by atoms with van der Waals surface area (Å²) in [7, 11) is 0. The molecule has 0 amide bonds. The summed E-state index contributed by atoms with van der Waals surface area (Å²) in [6.45, 7) is 0.0131. The number of carbonyl (C=O) groups excluding carboxylic acids is 1. The fourth-order valence-electron chi connectivity index (χ4n) is 3.53. The average Bonchev–Trinajstić information content (AvgIpc) is 2.82. The van der Waals surface area contributed by atoms with Crippen molar-refractivity contribution in [1.29, 1.82) is 0 Å². The van der Waals surface area contributed by atoms with E-state index in [1.54, 1.807) is 36.4 Å². The highest BCUT2D eigenvalue weighted by molar-refractivity contribution is 6.30. The second kappa shape index (κ2) is 9.66. The van der Waals surface area contributed by atoms with E-state index in [0.29, 0.717) is 22.3 Å². The molecule has 0 spiro atoms. The molecule has 4 rings (SSSR count). The molecule has 0 saturated heterocycles. The molecule has 4 aromatic rings. The Labute approximate surface area is 189 Å². The minimum Gasteiger partial charge on any atom is -0.459 e. The summed E-state index contributed by atoms with van der Waals surface area (Å²) < 4.78 is 7.81. The third kappa shape index (κ3) is 4.81. The topological polar surface area (TPSA) is 70.3 Å². The summed E-state index contributed by atoms with van der Waals surface area (Å²) in [5, 5.41) is 0.993. The maximum Gasteiger partial charge on any atom is 0.332 e. The Morgan fingerprint density at radius 1 is 0.812 bits per heavy atom. The van der Waals surface area contributed by atoms with Gasteiger partial charge in [0.1, 0.15) is 13.2 Å². The maximum absolute atomic E-state index is 13.2. The first-order valence-electron chi connectivity index (χ1n) is 10.2. The van der Waals surface area contributed by atoms with Crippen molar-refractivity contribution in [3.63, 3.8) is 0 Å². The van der Waals surface area contributed by atoms with Gasteiger partial charge in [-0.25, -0.2) is 4.79 Å². The van der Waals surface area contributed by atoms with E-state index in [0.717, 1.165) is 11.1 Å². The molecule has 0 fully saturated rings. The number of benzene rings is 3. The molecule has 7 heteroatoms. The molecule has 6 nitrogen and oxygen atoms in total. The van der Waals surface area contributed by atoms with Crippen molar-refractivity contribution >= 4 is 28.5 Å². The summed E-state index contributed by atoms with van der Waals surface area (Å²) in [4.78, 5) is 38.7. The molecule has 0 aliphatic rings. The molecular formula is C25H21ClN2O4. The number of aryl methyl sites for hydroxylation is 1. The van der Waals surface area contributed by atoms with E-state index in [1.165, 1.54) is 9.13 Å². The van der Waals surface area contributed by atoms with Crippen molar-refractivity contribution in [1.82, 2.24) is 9.13 Å². The molecule has 0 N–H and O–H groups in total. The summed E-state index contributed by atoms with van der Waals surface area (Å²) >= 11 is 5.93. The lowest BCUT2D eigenvalue weighted by Crippen LogP contribution is -2.41. The molecule has 32 heavy (non-hydrogen) atoms. The molecule has 3 aromatic carbocycles. The smallest absolute Gasteiger partial charge is 0.332 e. The number of ether oxygens (including phenoxy) is 1. The molecule has 0 atom stereocenters. The first kappa shape index (κ1) is 21.6. The van der Waals surface area contributed by atoms with Crippen LogP contribution in [-0.4, -0.2) is 15.1 Å². The zero-order valence-electron chi connectivity index (χ0n) is 17.2. The van der Waals surface area contributed by atoms with Gasteiger partial charge in [0.15, 0.2) is 0 Å². The van der Waals surface area contributed by atoms with Crippen LogP contribution in [-0.2, 0) is 35.6 Å². The maximum atomic E-state index is 13.2. The van der Waals surface area contributed by atoms with Crippen molar-refractivity contribution in [3.8, 4) is 0 Å². The van der Waals surface area contributed by atoms with Gasteiger partial charge in [-0.3, -0.25) is 18.7 Å². The number of carbonyl (C=O) groups is 1. The number of para-hydroxylation sites is 1. The molecule has 0 bridgehead atoms. The molecular weight excluding hydrogens is 428 g/mol. The SMILES string of the molecule is O=C(Cn1c(=O)n(CCc2ccc(Cl)cc2)c(=O)c2ccccc21)OCc1ccccc1. The van der Waals surface area contributed by atoms with Crippen LogP contribution in [0.15, 0.2) is 88.5 Å². The second-order valence-electron chi connectivity index (χ2n) is 7.37.